The van der Waals surface area contributed by atoms with Crippen LogP contribution >= 0.6 is 0 Å². The van der Waals surface area contributed by atoms with Crippen molar-refractivity contribution in [3.8, 4) is 16.9 Å². The number of hydrogen-bond donors (Lipinski definition) is 2. The second kappa shape index (κ2) is 4.10. The lowest BCUT2D eigenvalue weighted by molar-refractivity contribution is 0.417. The van der Waals surface area contributed by atoms with Crippen LogP contribution in [0.4, 0.5) is 5.69 Å². The number of pyridine rings is 1. The van der Waals surface area contributed by atoms with Crippen molar-refractivity contribution in [3.63, 3.8) is 0 Å². The van der Waals surface area contributed by atoms with Gasteiger partial charge in [0.25, 0.3) is 5.56 Å². The molecule has 0 spiro atoms. The molecule has 0 unspecified atom stereocenters. The van der Waals surface area contributed by atoms with Gasteiger partial charge in [-0.1, -0.05) is 6.07 Å². The summed E-state index contributed by atoms with van der Waals surface area (Å²) in [6.07, 6.45) is 1.60. The molecule has 1 heterocycles. The molecule has 1 aromatic carbocycles. The number of rotatable bonds is 2. The third-order valence-electron chi connectivity index (χ3n) is 2.36. The summed E-state index contributed by atoms with van der Waals surface area (Å²) in [6, 6.07) is 8.80. The molecule has 82 valence electrons. The van der Waals surface area contributed by atoms with Crippen molar-refractivity contribution < 1.29 is 4.74 Å². The summed E-state index contributed by atoms with van der Waals surface area (Å²) < 4.78 is 5.11. The Morgan fingerprint density at radius 2 is 2.12 bits per heavy atom. The van der Waals surface area contributed by atoms with Gasteiger partial charge in [0.1, 0.15) is 5.75 Å². The molecule has 0 aliphatic rings. The van der Waals surface area contributed by atoms with Crippen LogP contribution in [0.1, 0.15) is 0 Å². The number of anilines is 1. The van der Waals surface area contributed by atoms with Gasteiger partial charge in [-0.2, -0.15) is 0 Å². The Balaban J connectivity index is 2.57. The van der Waals surface area contributed by atoms with Crippen LogP contribution in [0.5, 0.6) is 5.75 Å². The van der Waals surface area contributed by atoms with Gasteiger partial charge < -0.3 is 15.5 Å². The van der Waals surface area contributed by atoms with Crippen LogP contribution in [0.15, 0.2) is 41.3 Å². The Morgan fingerprint density at radius 1 is 1.31 bits per heavy atom. The lowest BCUT2D eigenvalue weighted by Crippen LogP contribution is -2.07. The molecule has 16 heavy (non-hydrogen) atoms. The average Bonchev–Trinajstić information content (AvgIpc) is 2.31. The van der Waals surface area contributed by atoms with E-state index >= 15 is 0 Å². The van der Waals surface area contributed by atoms with Crippen molar-refractivity contribution in [1.82, 2.24) is 4.98 Å². The number of aromatic amines is 1. The Hall–Kier alpha value is -2.23. The highest BCUT2D eigenvalue weighted by atomic mass is 16.5. The Morgan fingerprint density at radius 3 is 2.81 bits per heavy atom. The minimum Gasteiger partial charge on any atom is -0.495 e. The summed E-state index contributed by atoms with van der Waals surface area (Å²) in [6.45, 7) is 0. The molecule has 0 amide bonds. The van der Waals surface area contributed by atoms with E-state index in [2.05, 4.69) is 4.98 Å². The minimum atomic E-state index is -0.130. The van der Waals surface area contributed by atoms with Crippen molar-refractivity contribution >= 4 is 5.69 Å². The predicted octanol–water partition coefficient (Wildman–Crippen LogP) is 1.63. The summed E-state index contributed by atoms with van der Waals surface area (Å²) in [7, 11) is 1.55. The van der Waals surface area contributed by atoms with Crippen LogP contribution in [0, 0.1) is 0 Å². The summed E-state index contributed by atoms with van der Waals surface area (Å²) >= 11 is 0. The van der Waals surface area contributed by atoms with Crippen LogP contribution in [0.3, 0.4) is 0 Å². The first kappa shape index (κ1) is 10.3. The maximum absolute atomic E-state index is 11.6. The van der Waals surface area contributed by atoms with Gasteiger partial charge in [0.05, 0.1) is 12.8 Å². The van der Waals surface area contributed by atoms with Crippen molar-refractivity contribution in [3.05, 3.63) is 46.9 Å². The van der Waals surface area contributed by atoms with Crippen LogP contribution in [-0.2, 0) is 0 Å². The van der Waals surface area contributed by atoms with Gasteiger partial charge in [0, 0.05) is 11.8 Å². The topological polar surface area (TPSA) is 68.1 Å². The maximum atomic E-state index is 11.6. The van der Waals surface area contributed by atoms with E-state index in [9.17, 15) is 4.79 Å². The minimum absolute atomic E-state index is 0.130. The molecule has 0 fully saturated rings. The largest absolute Gasteiger partial charge is 0.495 e. The van der Waals surface area contributed by atoms with E-state index in [1.807, 2.05) is 0 Å². The van der Waals surface area contributed by atoms with Crippen molar-refractivity contribution in [2.45, 2.75) is 0 Å². The van der Waals surface area contributed by atoms with E-state index in [-0.39, 0.29) is 5.56 Å². The quantitative estimate of drug-likeness (QED) is 0.750. The second-order valence-electron chi connectivity index (χ2n) is 3.37. The molecule has 3 N–H and O–H groups in total. The lowest BCUT2D eigenvalue weighted by atomic mass is 10.1. The van der Waals surface area contributed by atoms with Crippen LogP contribution in [0.25, 0.3) is 11.1 Å². The van der Waals surface area contributed by atoms with Gasteiger partial charge in [-0.25, -0.2) is 0 Å². The number of H-pyrrole nitrogens is 1. The molecule has 0 saturated carbocycles. The standard InChI is InChI=1S/C12H12N2O2/c1-16-11-7-8(4-5-10(11)13)9-3-2-6-14-12(9)15/h2-7H,13H2,1H3,(H,14,15). The van der Waals surface area contributed by atoms with Gasteiger partial charge in [0.2, 0.25) is 0 Å². The van der Waals surface area contributed by atoms with E-state index in [1.165, 1.54) is 0 Å². The first-order valence-electron chi connectivity index (χ1n) is 4.84. The predicted molar refractivity (Wildman–Crippen MR) is 63.5 cm³/mol. The molecule has 0 aliphatic carbocycles. The van der Waals surface area contributed by atoms with E-state index in [4.69, 9.17) is 10.5 Å². The fourth-order valence-corrected chi connectivity index (χ4v) is 1.53. The SMILES string of the molecule is COc1cc(-c2ccc[nH]c2=O)ccc1N. The third-order valence-corrected chi connectivity index (χ3v) is 2.36. The number of nitrogens with one attached hydrogen (secondary N) is 1. The zero-order valence-electron chi connectivity index (χ0n) is 8.86. The van der Waals surface area contributed by atoms with Crippen LogP contribution in [-0.4, -0.2) is 12.1 Å². The number of aromatic nitrogens is 1. The number of nitrogens with two attached hydrogens (primary N) is 1. The van der Waals surface area contributed by atoms with Crippen molar-refractivity contribution in [2.75, 3.05) is 12.8 Å². The third kappa shape index (κ3) is 1.77. The maximum Gasteiger partial charge on any atom is 0.255 e. The summed E-state index contributed by atoms with van der Waals surface area (Å²) in [4.78, 5) is 14.2. The fourth-order valence-electron chi connectivity index (χ4n) is 1.53. The number of nitrogen functional groups attached to an aromatic ring is 1. The van der Waals surface area contributed by atoms with Gasteiger partial charge in [0.15, 0.2) is 0 Å². The molecule has 0 atom stereocenters. The number of ether oxygens (including phenoxy) is 1. The molecular formula is C12H12N2O2. The van der Waals surface area contributed by atoms with Gasteiger partial charge in [-0.05, 0) is 29.8 Å². The molecule has 0 bridgehead atoms. The first-order chi connectivity index (χ1) is 7.72. The Kier molecular flexibility index (Phi) is 2.64. The van der Waals surface area contributed by atoms with Crippen LogP contribution in [0.2, 0.25) is 0 Å². The smallest absolute Gasteiger partial charge is 0.255 e. The van der Waals surface area contributed by atoms with Crippen molar-refractivity contribution in [2.24, 2.45) is 0 Å². The lowest BCUT2D eigenvalue weighted by Gasteiger charge is -2.06. The van der Waals surface area contributed by atoms with E-state index in [1.54, 1.807) is 43.6 Å². The number of hydrogen-bond acceptors (Lipinski definition) is 3. The second-order valence-corrected chi connectivity index (χ2v) is 3.37. The zero-order chi connectivity index (χ0) is 11.5. The van der Waals surface area contributed by atoms with E-state index < -0.39 is 0 Å². The molecule has 1 aromatic heterocycles. The van der Waals surface area contributed by atoms with Gasteiger partial charge in [-0.15, -0.1) is 0 Å². The highest BCUT2D eigenvalue weighted by molar-refractivity contribution is 5.69. The fraction of sp³-hybridized carbons (Fsp3) is 0.0833. The highest BCUT2D eigenvalue weighted by Gasteiger charge is 2.05. The van der Waals surface area contributed by atoms with Crippen LogP contribution < -0.4 is 16.0 Å². The highest BCUT2D eigenvalue weighted by Crippen LogP contribution is 2.26. The summed E-state index contributed by atoms with van der Waals surface area (Å²) in [5.74, 6) is 0.570. The number of methoxy groups -OCH3 is 1. The molecule has 0 radical (unpaired) electrons. The summed E-state index contributed by atoms with van der Waals surface area (Å²) in [5.41, 5.74) is 7.51. The average molecular weight is 216 g/mol. The molecule has 4 heteroatoms. The molecule has 0 aliphatic heterocycles. The van der Waals surface area contributed by atoms with Crippen molar-refractivity contribution in [1.29, 1.82) is 0 Å². The van der Waals surface area contributed by atoms with Gasteiger partial charge in [-0.3, -0.25) is 4.79 Å². The Labute approximate surface area is 92.7 Å². The molecular weight excluding hydrogens is 204 g/mol. The molecule has 2 rings (SSSR count). The normalized spacial score (nSPS) is 10.1. The zero-order valence-corrected chi connectivity index (χ0v) is 8.86. The molecule has 4 nitrogen and oxygen atoms in total. The first-order valence-corrected chi connectivity index (χ1v) is 4.84. The summed E-state index contributed by atoms with van der Waals surface area (Å²) in [5, 5.41) is 0. The Bertz CT molecular complexity index is 561. The molecule has 2 aromatic rings. The molecule has 0 saturated heterocycles. The monoisotopic (exact) mass is 216 g/mol. The van der Waals surface area contributed by atoms with E-state index in [0.29, 0.717) is 17.0 Å². The van der Waals surface area contributed by atoms with Gasteiger partial charge >= 0.3 is 0 Å². The van der Waals surface area contributed by atoms with E-state index in [0.717, 1.165) is 5.56 Å². The number of benzene rings is 1.